The largest absolute Gasteiger partial charge is 0.493 e. The zero-order valence-corrected chi connectivity index (χ0v) is 14.3. The fraction of sp³-hybridized carbons (Fsp3) is 0.200. The molecule has 0 atom stereocenters. The third-order valence-corrected chi connectivity index (χ3v) is 3.68. The lowest BCUT2D eigenvalue weighted by Gasteiger charge is -2.09. The van der Waals surface area contributed by atoms with Crippen LogP contribution >= 0.6 is 0 Å². The predicted molar refractivity (Wildman–Crippen MR) is 96.6 cm³/mol. The van der Waals surface area contributed by atoms with Gasteiger partial charge in [-0.1, -0.05) is 6.07 Å². The van der Waals surface area contributed by atoms with Gasteiger partial charge >= 0.3 is 0 Å². The van der Waals surface area contributed by atoms with Crippen LogP contribution in [0.3, 0.4) is 0 Å². The van der Waals surface area contributed by atoms with Crippen molar-refractivity contribution in [2.24, 2.45) is 0 Å². The van der Waals surface area contributed by atoms with E-state index >= 15 is 0 Å². The first-order valence-electron chi connectivity index (χ1n) is 8.10. The van der Waals surface area contributed by atoms with Crippen molar-refractivity contribution in [2.45, 2.75) is 20.3 Å². The van der Waals surface area contributed by atoms with E-state index in [0.29, 0.717) is 12.4 Å². The van der Waals surface area contributed by atoms with Gasteiger partial charge in [-0.15, -0.1) is 0 Å². The Kier molecular flexibility index (Phi) is 5.14. The molecule has 3 aromatic rings. The number of hydrogen-bond donors (Lipinski definition) is 1. The Bertz CT molecular complexity index is 820. The number of hydrogen-bond acceptors (Lipinski definition) is 4. The van der Waals surface area contributed by atoms with Gasteiger partial charge in [0, 0.05) is 11.3 Å². The molecule has 0 aliphatic rings. The molecule has 0 spiro atoms. The van der Waals surface area contributed by atoms with Gasteiger partial charge in [0.25, 0.3) is 0 Å². The molecule has 0 bridgehead atoms. The third-order valence-electron chi connectivity index (χ3n) is 3.68. The first-order chi connectivity index (χ1) is 12.1. The normalized spacial score (nSPS) is 10.5. The Hall–Kier alpha value is -3.08. The average molecular weight is 336 g/mol. The molecule has 3 rings (SSSR count). The van der Waals surface area contributed by atoms with Gasteiger partial charge in [0.15, 0.2) is 12.2 Å². The van der Waals surface area contributed by atoms with Gasteiger partial charge in [-0.3, -0.25) is 4.79 Å². The Morgan fingerprint density at radius 1 is 1.12 bits per heavy atom. The Balaban J connectivity index is 1.49. The highest BCUT2D eigenvalue weighted by Crippen LogP contribution is 2.21. The van der Waals surface area contributed by atoms with Crippen molar-refractivity contribution in [1.29, 1.82) is 0 Å². The molecule has 5 nitrogen and oxygen atoms in total. The molecule has 25 heavy (non-hydrogen) atoms. The summed E-state index contributed by atoms with van der Waals surface area (Å²) in [6.45, 7) is 4.38. The van der Waals surface area contributed by atoms with Crippen LogP contribution in [0.4, 0.5) is 5.69 Å². The second kappa shape index (κ2) is 7.66. The molecule has 1 amide bonds. The van der Waals surface area contributed by atoms with Crippen LogP contribution in [0.2, 0.25) is 0 Å². The first-order valence-corrected chi connectivity index (χ1v) is 8.10. The number of nitrogens with one attached hydrogen (secondary N) is 1. The summed E-state index contributed by atoms with van der Waals surface area (Å²) >= 11 is 0. The summed E-state index contributed by atoms with van der Waals surface area (Å²) < 4.78 is 10.9. The molecule has 0 aliphatic carbocycles. The van der Waals surface area contributed by atoms with Crippen molar-refractivity contribution in [3.63, 3.8) is 0 Å². The minimum absolute atomic E-state index is 0.0863. The van der Waals surface area contributed by atoms with E-state index in [2.05, 4.69) is 16.4 Å². The Morgan fingerprint density at radius 3 is 2.48 bits per heavy atom. The highest BCUT2D eigenvalue weighted by Gasteiger charge is 2.05. The van der Waals surface area contributed by atoms with Crippen LogP contribution in [0.25, 0.3) is 11.3 Å². The number of amides is 1. The van der Waals surface area contributed by atoms with E-state index in [1.165, 1.54) is 6.39 Å². The minimum atomic E-state index is -0.0863. The van der Waals surface area contributed by atoms with Crippen molar-refractivity contribution in [3.8, 4) is 17.1 Å². The number of anilines is 1. The van der Waals surface area contributed by atoms with Crippen LogP contribution in [0.15, 0.2) is 59.5 Å². The molecular weight excluding hydrogens is 316 g/mol. The number of rotatable bonds is 6. The van der Waals surface area contributed by atoms with Crippen LogP contribution in [-0.2, 0) is 4.79 Å². The summed E-state index contributed by atoms with van der Waals surface area (Å²) in [6.07, 6.45) is 3.33. The van der Waals surface area contributed by atoms with Gasteiger partial charge in [0.1, 0.15) is 5.75 Å². The van der Waals surface area contributed by atoms with Crippen LogP contribution < -0.4 is 10.1 Å². The number of carbonyl (C=O) groups excluding carboxylic acids is 1. The number of ether oxygens (including phenoxy) is 1. The quantitative estimate of drug-likeness (QED) is 0.726. The molecule has 1 aromatic heterocycles. The standard InChI is InChI=1S/C20H20N2O3/c1-14-9-15(2)11-18(10-14)24-8-7-20(23)22-17-5-3-16(4-6-17)19-12-21-13-25-19/h3-6,9-13H,7-8H2,1-2H3,(H,22,23). The van der Waals surface area contributed by atoms with E-state index in [1.807, 2.05) is 50.2 Å². The molecule has 0 unspecified atom stereocenters. The maximum Gasteiger partial charge on any atom is 0.227 e. The SMILES string of the molecule is Cc1cc(C)cc(OCCC(=O)Nc2ccc(-c3cnco3)cc2)c1. The van der Waals surface area contributed by atoms with Gasteiger partial charge < -0.3 is 14.5 Å². The first kappa shape index (κ1) is 16.8. The molecule has 128 valence electrons. The summed E-state index contributed by atoms with van der Waals surface area (Å²) in [5, 5.41) is 2.86. The molecule has 5 heteroatoms. The van der Waals surface area contributed by atoms with Crippen LogP contribution in [0, 0.1) is 13.8 Å². The van der Waals surface area contributed by atoms with E-state index in [1.54, 1.807) is 6.20 Å². The number of aromatic nitrogens is 1. The number of nitrogens with zero attached hydrogens (tertiary/aromatic N) is 1. The lowest BCUT2D eigenvalue weighted by atomic mass is 10.1. The monoisotopic (exact) mass is 336 g/mol. The Labute approximate surface area is 146 Å². The molecule has 0 radical (unpaired) electrons. The second-order valence-corrected chi connectivity index (χ2v) is 5.91. The average Bonchev–Trinajstić information content (AvgIpc) is 3.09. The molecule has 2 aromatic carbocycles. The van der Waals surface area contributed by atoms with Crippen molar-refractivity contribution in [2.75, 3.05) is 11.9 Å². The zero-order chi connectivity index (χ0) is 17.6. The molecule has 1 heterocycles. The molecule has 0 fully saturated rings. The van der Waals surface area contributed by atoms with Crippen molar-refractivity contribution >= 4 is 11.6 Å². The number of carbonyl (C=O) groups is 1. The summed E-state index contributed by atoms with van der Waals surface area (Å²) in [5.74, 6) is 1.40. The van der Waals surface area contributed by atoms with E-state index < -0.39 is 0 Å². The number of oxazole rings is 1. The molecule has 1 N–H and O–H groups in total. The fourth-order valence-corrected chi connectivity index (χ4v) is 2.58. The number of aryl methyl sites for hydroxylation is 2. The van der Waals surface area contributed by atoms with Gasteiger partial charge in [0.05, 0.1) is 19.2 Å². The molecule has 0 aliphatic heterocycles. The van der Waals surface area contributed by atoms with E-state index in [4.69, 9.17) is 9.15 Å². The Morgan fingerprint density at radius 2 is 1.84 bits per heavy atom. The molecular formula is C20H20N2O3. The fourth-order valence-electron chi connectivity index (χ4n) is 2.58. The van der Waals surface area contributed by atoms with Crippen LogP contribution in [-0.4, -0.2) is 17.5 Å². The zero-order valence-electron chi connectivity index (χ0n) is 14.3. The topological polar surface area (TPSA) is 64.4 Å². The highest BCUT2D eigenvalue weighted by atomic mass is 16.5. The van der Waals surface area contributed by atoms with Gasteiger partial charge in [-0.25, -0.2) is 4.98 Å². The lowest BCUT2D eigenvalue weighted by Crippen LogP contribution is -2.15. The second-order valence-electron chi connectivity index (χ2n) is 5.91. The predicted octanol–water partition coefficient (Wildman–Crippen LogP) is 4.37. The van der Waals surface area contributed by atoms with E-state index in [-0.39, 0.29) is 12.3 Å². The highest BCUT2D eigenvalue weighted by molar-refractivity contribution is 5.91. The van der Waals surface area contributed by atoms with Crippen molar-refractivity contribution in [3.05, 3.63) is 66.2 Å². The van der Waals surface area contributed by atoms with Gasteiger partial charge in [-0.05, 0) is 61.4 Å². The third kappa shape index (κ3) is 4.70. The minimum Gasteiger partial charge on any atom is -0.493 e. The van der Waals surface area contributed by atoms with E-state index in [9.17, 15) is 4.79 Å². The van der Waals surface area contributed by atoms with Crippen LogP contribution in [0.1, 0.15) is 17.5 Å². The molecule has 0 saturated carbocycles. The number of benzene rings is 2. The van der Waals surface area contributed by atoms with E-state index in [0.717, 1.165) is 28.1 Å². The summed E-state index contributed by atoms with van der Waals surface area (Å²) in [7, 11) is 0. The van der Waals surface area contributed by atoms with Crippen molar-refractivity contribution < 1.29 is 13.9 Å². The summed E-state index contributed by atoms with van der Waals surface area (Å²) in [5.41, 5.74) is 3.94. The maximum absolute atomic E-state index is 12.0. The van der Waals surface area contributed by atoms with Crippen molar-refractivity contribution in [1.82, 2.24) is 4.98 Å². The summed E-state index contributed by atoms with van der Waals surface area (Å²) in [6, 6.07) is 13.4. The maximum atomic E-state index is 12.0. The lowest BCUT2D eigenvalue weighted by molar-refractivity contribution is -0.116. The summed E-state index contributed by atoms with van der Waals surface area (Å²) in [4.78, 5) is 15.9. The van der Waals surface area contributed by atoms with Gasteiger partial charge in [0.2, 0.25) is 5.91 Å². The van der Waals surface area contributed by atoms with Crippen LogP contribution in [0.5, 0.6) is 5.75 Å². The molecule has 0 saturated heterocycles. The van der Waals surface area contributed by atoms with Gasteiger partial charge in [-0.2, -0.15) is 0 Å². The smallest absolute Gasteiger partial charge is 0.227 e.